The monoisotopic (exact) mass is 224 g/mol. The predicted molar refractivity (Wildman–Crippen MR) is 59.7 cm³/mol. The van der Waals surface area contributed by atoms with Gasteiger partial charge in [-0.1, -0.05) is 24.1 Å². The SMILES string of the molecule is C#CC(C)(C)c1cccc(C)c1OC(F)F. The van der Waals surface area contributed by atoms with Gasteiger partial charge >= 0.3 is 6.61 Å². The van der Waals surface area contributed by atoms with Gasteiger partial charge in [0.15, 0.2) is 0 Å². The maximum absolute atomic E-state index is 12.3. The summed E-state index contributed by atoms with van der Waals surface area (Å²) in [5, 5.41) is 0. The molecule has 0 saturated heterocycles. The molecule has 0 atom stereocenters. The van der Waals surface area contributed by atoms with Crippen molar-refractivity contribution in [1.82, 2.24) is 0 Å². The molecule has 0 aromatic heterocycles. The number of ether oxygens (including phenoxy) is 1. The van der Waals surface area contributed by atoms with Gasteiger partial charge in [0.1, 0.15) is 5.75 Å². The zero-order valence-corrected chi connectivity index (χ0v) is 9.55. The normalized spacial score (nSPS) is 11.3. The van der Waals surface area contributed by atoms with Crippen molar-refractivity contribution in [3.8, 4) is 18.1 Å². The molecule has 86 valence electrons. The highest BCUT2D eigenvalue weighted by molar-refractivity contribution is 5.48. The molecule has 1 aromatic carbocycles. The van der Waals surface area contributed by atoms with E-state index in [9.17, 15) is 8.78 Å². The van der Waals surface area contributed by atoms with Crippen LogP contribution in [0.1, 0.15) is 25.0 Å². The number of hydrogen-bond acceptors (Lipinski definition) is 1. The number of rotatable bonds is 3. The van der Waals surface area contributed by atoms with Gasteiger partial charge in [0.2, 0.25) is 0 Å². The first-order valence-corrected chi connectivity index (χ1v) is 4.91. The zero-order valence-electron chi connectivity index (χ0n) is 9.55. The Kier molecular flexibility index (Phi) is 3.54. The van der Waals surface area contributed by atoms with Crippen LogP contribution in [0.3, 0.4) is 0 Å². The molecule has 0 bridgehead atoms. The van der Waals surface area contributed by atoms with Gasteiger partial charge in [-0.25, -0.2) is 0 Å². The summed E-state index contributed by atoms with van der Waals surface area (Å²) in [6.45, 7) is 2.46. The summed E-state index contributed by atoms with van der Waals surface area (Å²) in [7, 11) is 0. The minimum absolute atomic E-state index is 0.181. The standard InChI is InChI=1S/C13H14F2O/c1-5-13(3,4)10-8-6-7-9(2)11(10)16-12(14)15/h1,6-8,12H,2-4H3. The highest BCUT2D eigenvalue weighted by Gasteiger charge is 2.24. The summed E-state index contributed by atoms with van der Waals surface area (Å²) in [5.41, 5.74) is 0.632. The number of alkyl halides is 2. The summed E-state index contributed by atoms with van der Waals surface area (Å²) < 4.78 is 29.1. The van der Waals surface area contributed by atoms with Gasteiger partial charge in [-0.15, -0.1) is 6.42 Å². The van der Waals surface area contributed by atoms with Gasteiger partial charge in [-0.05, 0) is 26.3 Å². The minimum atomic E-state index is -2.84. The molecule has 0 aliphatic carbocycles. The Balaban J connectivity index is 3.29. The summed E-state index contributed by atoms with van der Waals surface area (Å²) >= 11 is 0. The first kappa shape index (κ1) is 12.5. The third kappa shape index (κ3) is 2.52. The van der Waals surface area contributed by atoms with Crippen LogP contribution < -0.4 is 4.74 Å². The average Bonchev–Trinajstić information content (AvgIpc) is 2.20. The van der Waals surface area contributed by atoms with Crippen molar-refractivity contribution < 1.29 is 13.5 Å². The molecule has 0 aliphatic rings. The van der Waals surface area contributed by atoms with Crippen molar-refractivity contribution in [3.05, 3.63) is 29.3 Å². The van der Waals surface area contributed by atoms with Crippen LogP contribution in [0, 0.1) is 19.3 Å². The van der Waals surface area contributed by atoms with Gasteiger partial charge in [-0.2, -0.15) is 8.78 Å². The third-order valence-electron chi connectivity index (χ3n) is 2.45. The van der Waals surface area contributed by atoms with Crippen LogP contribution in [0.25, 0.3) is 0 Å². The van der Waals surface area contributed by atoms with Crippen molar-refractivity contribution >= 4 is 0 Å². The Bertz CT molecular complexity index is 416. The fourth-order valence-corrected chi connectivity index (χ4v) is 1.47. The van der Waals surface area contributed by atoms with Gasteiger partial charge in [0, 0.05) is 5.56 Å². The van der Waals surface area contributed by atoms with Gasteiger partial charge in [0.05, 0.1) is 5.41 Å². The average molecular weight is 224 g/mol. The number of aryl methyl sites for hydroxylation is 1. The van der Waals surface area contributed by atoms with E-state index in [0.29, 0.717) is 11.1 Å². The number of halogens is 2. The zero-order chi connectivity index (χ0) is 12.3. The molecular weight excluding hydrogens is 210 g/mol. The van der Waals surface area contributed by atoms with Crippen LogP contribution in [0.15, 0.2) is 18.2 Å². The summed E-state index contributed by atoms with van der Waals surface area (Å²) in [6.07, 6.45) is 5.40. The van der Waals surface area contributed by atoms with E-state index in [1.165, 1.54) is 0 Å². The number of para-hydroxylation sites is 1. The molecular formula is C13H14F2O. The van der Waals surface area contributed by atoms with Crippen LogP contribution in [-0.4, -0.2) is 6.61 Å². The highest BCUT2D eigenvalue weighted by atomic mass is 19.3. The molecule has 1 nitrogen and oxygen atoms in total. The molecule has 0 fully saturated rings. The molecule has 0 radical (unpaired) electrons. The van der Waals surface area contributed by atoms with Crippen molar-refractivity contribution in [1.29, 1.82) is 0 Å². The van der Waals surface area contributed by atoms with Gasteiger partial charge in [-0.3, -0.25) is 0 Å². The van der Waals surface area contributed by atoms with E-state index in [1.54, 1.807) is 39.0 Å². The molecule has 0 amide bonds. The number of hydrogen-bond donors (Lipinski definition) is 0. The maximum atomic E-state index is 12.3. The smallest absolute Gasteiger partial charge is 0.387 e. The van der Waals surface area contributed by atoms with E-state index in [2.05, 4.69) is 10.7 Å². The van der Waals surface area contributed by atoms with Crippen LogP contribution in [0.2, 0.25) is 0 Å². The molecule has 3 heteroatoms. The Morgan fingerprint density at radius 1 is 1.38 bits per heavy atom. The molecule has 0 heterocycles. The predicted octanol–water partition coefficient (Wildman–Crippen LogP) is 3.51. The Hall–Kier alpha value is -1.56. The van der Waals surface area contributed by atoms with Gasteiger partial charge < -0.3 is 4.74 Å². The van der Waals surface area contributed by atoms with Crippen molar-refractivity contribution in [2.24, 2.45) is 0 Å². The maximum Gasteiger partial charge on any atom is 0.387 e. The van der Waals surface area contributed by atoms with Crippen LogP contribution in [-0.2, 0) is 5.41 Å². The first-order chi connectivity index (χ1) is 7.38. The number of benzene rings is 1. The Morgan fingerprint density at radius 3 is 2.50 bits per heavy atom. The quantitative estimate of drug-likeness (QED) is 0.714. The van der Waals surface area contributed by atoms with Crippen LogP contribution in [0.4, 0.5) is 8.78 Å². The second-order valence-corrected chi connectivity index (χ2v) is 4.10. The summed E-state index contributed by atoms with van der Waals surface area (Å²) in [6, 6.07) is 5.21. The Labute approximate surface area is 94.4 Å². The van der Waals surface area contributed by atoms with E-state index in [1.807, 2.05) is 0 Å². The largest absolute Gasteiger partial charge is 0.434 e. The molecule has 0 aliphatic heterocycles. The lowest BCUT2D eigenvalue weighted by molar-refractivity contribution is -0.0512. The van der Waals surface area contributed by atoms with Crippen molar-refractivity contribution in [2.75, 3.05) is 0 Å². The van der Waals surface area contributed by atoms with E-state index in [4.69, 9.17) is 6.42 Å². The van der Waals surface area contributed by atoms with E-state index >= 15 is 0 Å². The first-order valence-electron chi connectivity index (χ1n) is 4.91. The topological polar surface area (TPSA) is 9.23 Å². The minimum Gasteiger partial charge on any atom is -0.434 e. The fourth-order valence-electron chi connectivity index (χ4n) is 1.47. The van der Waals surface area contributed by atoms with Crippen LogP contribution in [0.5, 0.6) is 5.75 Å². The lowest BCUT2D eigenvalue weighted by Crippen LogP contribution is -2.17. The molecule has 0 unspecified atom stereocenters. The molecule has 16 heavy (non-hydrogen) atoms. The van der Waals surface area contributed by atoms with E-state index in [0.717, 1.165) is 0 Å². The fraction of sp³-hybridized carbons (Fsp3) is 0.385. The molecule has 0 N–H and O–H groups in total. The van der Waals surface area contributed by atoms with E-state index in [-0.39, 0.29) is 5.75 Å². The Morgan fingerprint density at radius 2 is 2.00 bits per heavy atom. The van der Waals surface area contributed by atoms with Crippen LogP contribution >= 0.6 is 0 Å². The molecule has 0 saturated carbocycles. The molecule has 0 spiro atoms. The third-order valence-corrected chi connectivity index (χ3v) is 2.45. The second-order valence-electron chi connectivity index (χ2n) is 4.10. The highest BCUT2D eigenvalue weighted by Crippen LogP contribution is 2.34. The lowest BCUT2D eigenvalue weighted by Gasteiger charge is -2.22. The van der Waals surface area contributed by atoms with Crippen molar-refractivity contribution in [2.45, 2.75) is 32.8 Å². The lowest BCUT2D eigenvalue weighted by atomic mass is 9.84. The van der Waals surface area contributed by atoms with Gasteiger partial charge in [0.25, 0.3) is 0 Å². The number of terminal acetylenes is 1. The van der Waals surface area contributed by atoms with E-state index < -0.39 is 12.0 Å². The molecule has 1 aromatic rings. The summed E-state index contributed by atoms with van der Waals surface area (Å²) in [4.78, 5) is 0. The summed E-state index contributed by atoms with van der Waals surface area (Å²) in [5.74, 6) is 2.75. The second kappa shape index (κ2) is 4.52. The molecule has 1 rings (SSSR count). The van der Waals surface area contributed by atoms with Crippen molar-refractivity contribution in [3.63, 3.8) is 0 Å².